The molecule has 112 valence electrons. The topological polar surface area (TPSA) is 47.3 Å². The minimum absolute atomic E-state index is 0.146. The molecule has 0 atom stereocenters. The number of amides is 1. The second-order valence-corrected chi connectivity index (χ2v) is 5.97. The van der Waals surface area contributed by atoms with Gasteiger partial charge in [0.1, 0.15) is 11.4 Å². The summed E-state index contributed by atoms with van der Waals surface area (Å²) in [5.74, 6) is -0.533. The summed E-state index contributed by atoms with van der Waals surface area (Å²) in [6.07, 6.45) is 0. The molecule has 1 aliphatic heterocycles. The van der Waals surface area contributed by atoms with Crippen molar-refractivity contribution in [3.05, 3.63) is 35.1 Å². The van der Waals surface area contributed by atoms with Gasteiger partial charge in [-0.3, -0.25) is 9.69 Å². The average Bonchev–Trinajstić information content (AvgIpc) is 2.45. The molecule has 0 N–H and O–H groups in total. The van der Waals surface area contributed by atoms with Crippen LogP contribution in [0.1, 0.15) is 29.8 Å². The highest BCUT2D eigenvalue weighted by atomic mass is 19.1. The zero-order valence-electron chi connectivity index (χ0n) is 12.7. The van der Waals surface area contributed by atoms with Crippen molar-refractivity contribution in [3.63, 3.8) is 0 Å². The van der Waals surface area contributed by atoms with Crippen molar-refractivity contribution in [1.82, 2.24) is 9.80 Å². The van der Waals surface area contributed by atoms with Gasteiger partial charge in [-0.05, 0) is 44.5 Å². The Hall–Kier alpha value is -1.93. The molecule has 0 radical (unpaired) electrons. The lowest BCUT2D eigenvalue weighted by molar-refractivity contribution is 0.0520. The molecule has 5 heteroatoms. The lowest BCUT2D eigenvalue weighted by atomic mass is 10.0. The van der Waals surface area contributed by atoms with Gasteiger partial charge < -0.3 is 4.90 Å². The highest BCUT2D eigenvalue weighted by Gasteiger charge is 2.31. The van der Waals surface area contributed by atoms with Crippen LogP contribution in [0.15, 0.2) is 18.2 Å². The summed E-state index contributed by atoms with van der Waals surface area (Å²) < 4.78 is 13.4. The molecule has 1 fully saturated rings. The maximum atomic E-state index is 13.4. The van der Waals surface area contributed by atoms with Crippen LogP contribution in [0.4, 0.5) is 4.39 Å². The molecule has 0 saturated carbocycles. The second-order valence-electron chi connectivity index (χ2n) is 5.97. The van der Waals surface area contributed by atoms with E-state index in [0.29, 0.717) is 31.7 Å². The largest absolute Gasteiger partial charge is 0.336 e. The lowest BCUT2D eigenvalue weighted by Crippen LogP contribution is -2.55. The minimum atomic E-state index is -0.523. The molecule has 0 unspecified atom stereocenters. The third-order valence-electron chi connectivity index (χ3n) is 3.92. The number of hydrogen-bond donors (Lipinski definition) is 0. The van der Waals surface area contributed by atoms with Crippen molar-refractivity contribution in [3.8, 4) is 6.07 Å². The van der Waals surface area contributed by atoms with E-state index in [9.17, 15) is 9.18 Å². The van der Waals surface area contributed by atoms with Crippen LogP contribution >= 0.6 is 0 Å². The predicted molar refractivity (Wildman–Crippen MR) is 78.3 cm³/mol. The summed E-state index contributed by atoms with van der Waals surface area (Å²) in [7, 11) is 0. The van der Waals surface area contributed by atoms with Crippen LogP contribution in [0.2, 0.25) is 0 Å². The van der Waals surface area contributed by atoms with Gasteiger partial charge in [-0.2, -0.15) is 5.26 Å². The van der Waals surface area contributed by atoms with E-state index in [1.165, 1.54) is 12.1 Å². The van der Waals surface area contributed by atoms with Crippen LogP contribution in [0, 0.1) is 24.1 Å². The third kappa shape index (κ3) is 3.40. The van der Waals surface area contributed by atoms with Gasteiger partial charge in [0.15, 0.2) is 0 Å². The summed E-state index contributed by atoms with van der Waals surface area (Å²) in [6.45, 7) is 7.94. The van der Waals surface area contributed by atoms with Crippen molar-refractivity contribution < 1.29 is 9.18 Å². The fraction of sp³-hybridized carbons (Fsp3) is 0.500. The van der Waals surface area contributed by atoms with Gasteiger partial charge >= 0.3 is 0 Å². The number of nitrogens with zero attached hydrogens (tertiary/aromatic N) is 3. The van der Waals surface area contributed by atoms with Crippen molar-refractivity contribution in [1.29, 1.82) is 5.26 Å². The Morgan fingerprint density at radius 2 is 1.86 bits per heavy atom. The number of aryl methyl sites for hydroxylation is 1. The summed E-state index contributed by atoms with van der Waals surface area (Å²) in [4.78, 5) is 16.2. The first-order valence-corrected chi connectivity index (χ1v) is 7.06. The van der Waals surface area contributed by atoms with Crippen LogP contribution in [-0.4, -0.2) is 47.4 Å². The summed E-state index contributed by atoms with van der Waals surface area (Å²) in [5.41, 5.74) is 0.605. The quantitative estimate of drug-likeness (QED) is 0.838. The zero-order chi connectivity index (χ0) is 15.6. The van der Waals surface area contributed by atoms with Crippen molar-refractivity contribution in [2.45, 2.75) is 26.3 Å². The highest BCUT2D eigenvalue weighted by Crippen LogP contribution is 2.18. The highest BCUT2D eigenvalue weighted by molar-refractivity contribution is 5.94. The minimum Gasteiger partial charge on any atom is -0.336 e. The fourth-order valence-corrected chi connectivity index (χ4v) is 2.58. The predicted octanol–water partition coefficient (Wildman–Crippen LogP) is 2.19. The standard InChI is InChI=1S/C16H20FN3O/c1-12-8-13(10-14(17)9-12)15(21)19-4-6-20(7-5-19)16(2,3)11-18/h8-10H,4-7H2,1-3H3. The van der Waals surface area contributed by atoms with E-state index in [0.717, 1.165) is 5.56 Å². The van der Waals surface area contributed by atoms with Gasteiger partial charge in [0.05, 0.1) is 6.07 Å². The number of benzene rings is 1. The molecule has 21 heavy (non-hydrogen) atoms. The van der Waals surface area contributed by atoms with Crippen LogP contribution in [0.5, 0.6) is 0 Å². The van der Waals surface area contributed by atoms with Crippen molar-refractivity contribution in [2.24, 2.45) is 0 Å². The van der Waals surface area contributed by atoms with E-state index in [-0.39, 0.29) is 11.7 Å². The van der Waals surface area contributed by atoms with Crippen molar-refractivity contribution in [2.75, 3.05) is 26.2 Å². The summed E-state index contributed by atoms with van der Waals surface area (Å²) >= 11 is 0. The van der Waals surface area contributed by atoms with Gasteiger partial charge in [0.25, 0.3) is 5.91 Å². The molecule has 1 aliphatic rings. The molecule has 1 amide bonds. The molecule has 0 spiro atoms. The molecule has 0 bridgehead atoms. The second kappa shape index (κ2) is 5.82. The Labute approximate surface area is 124 Å². The van der Waals surface area contributed by atoms with E-state index in [1.807, 2.05) is 13.8 Å². The number of piperazine rings is 1. The molecular weight excluding hydrogens is 269 g/mol. The number of nitriles is 1. The molecule has 0 aromatic heterocycles. The Morgan fingerprint density at radius 3 is 2.38 bits per heavy atom. The van der Waals surface area contributed by atoms with Crippen LogP contribution in [0.3, 0.4) is 0 Å². The van der Waals surface area contributed by atoms with Crippen molar-refractivity contribution >= 4 is 5.91 Å². The van der Waals surface area contributed by atoms with Crippen LogP contribution < -0.4 is 0 Å². The van der Waals surface area contributed by atoms with Gasteiger partial charge in [0.2, 0.25) is 0 Å². The SMILES string of the molecule is Cc1cc(F)cc(C(=O)N2CCN(C(C)(C)C#N)CC2)c1. The van der Waals surface area contributed by atoms with E-state index in [1.54, 1.807) is 17.9 Å². The Kier molecular flexibility index (Phi) is 4.29. The van der Waals surface area contributed by atoms with E-state index < -0.39 is 5.54 Å². The lowest BCUT2D eigenvalue weighted by Gasteiger charge is -2.40. The summed E-state index contributed by atoms with van der Waals surface area (Å²) in [6, 6.07) is 6.67. The first kappa shape index (κ1) is 15.5. The van der Waals surface area contributed by atoms with Crippen LogP contribution in [-0.2, 0) is 0 Å². The fourth-order valence-electron chi connectivity index (χ4n) is 2.58. The third-order valence-corrected chi connectivity index (χ3v) is 3.92. The number of hydrogen-bond acceptors (Lipinski definition) is 3. The normalized spacial score (nSPS) is 16.6. The molecule has 1 aromatic carbocycles. The smallest absolute Gasteiger partial charge is 0.254 e. The molecule has 1 saturated heterocycles. The van der Waals surface area contributed by atoms with E-state index >= 15 is 0 Å². The number of rotatable bonds is 2. The average molecular weight is 289 g/mol. The van der Waals surface area contributed by atoms with Gasteiger partial charge in [-0.1, -0.05) is 0 Å². The van der Waals surface area contributed by atoms with Gasteiger partial charge in [0, 0.05) is 31.7 Å². The molecule has 1 heterocycles. The monoisotopic (exact) mass is 289 g/mol. The molecule has 2 rings (SSSR count). The van der Waals surface area contributed by atoms with Crippen LogP contribution in [0.25, 0.3) is 0 Å². The first-order chi connectivity index (χ1) is 9.83. The molecule has 1 aromatic rings. The number of carbonyl (C=O) groups excluding carboxylic acids is 1. The van der Waals surface area contributed by atoms with E-state index in [4.69, 9.17) is 5.26 Å². The molecular formula is C16H20FN3O. The maximum Gasteiger partial charge on any atom is 0.254 e. The Bertz CT molecular complexity index is 563. The van der Waals surface area contributed by atoms with Gasteiger partial charge in [-0.25, -0.2) is 4.39 Å². The number of halogens is 1. The molecule has 0 aliphatic carbocycles. The molecule has 4 nitrogen and oxygen atoms in total. The maximum absolute atomic E-state index is 13.4. The van der Waals surface area contributed by atoms with E-state index in [2.05, 4.69) is 11.0 Å². The first-order valence-electron chi connectivity index (χ1n) is 7.06. The van der Waals surface area contributed by atoms with Gasteiger partial charge in [-0.15, -0.1) is 0 Å². The number of carbonyl (C=O) groups is 1. The Balaban J connectivity index is 2.05. The Morgan fingerprint density at radius 1 is 1.24 bits per heavy atom. The zero-order valence-corrected chi connectivity index (χ0v) is 12.7. The summed E-state index contributed by atoms with van der Waals surface area (Å²) in [5, 5.41) is 9.15.